The van der Waals surface area contributed by atoms with Gasteiger partial charge in [-0.15, -0.1) is 5.10 Å². The number of rotatable bonds is 6. The third kappa shape index (κ3) is 3.32. The van der Waals surface area contributed by atoms with Gasteiger partial charge >= 0.3 is 0 Å². The van der Waals surface area contributed by atoms with Gasteiger partial charge < -0.3 is 14.0 Å². The lowest BCUT2D eigenvalue weighted by molar-refractivity contribution is -0.931. The highest BCUT2D eigenvalue weighted by molar-refractivity contribution is 5.79. The van der Waals surface area contributed by atoms with Gasteiger partial charge in [-0.25, -0.2) is 4.68 Å². The lowest BCUT2D eigenvalue weighted by Gasteiger charge is -2.44. The van der Waals surface area contributed by atoms with E-state index in [-0.39, 0.29) is 6.61 Å². The van der Waals surface area contributed by atoms with E-state index >= 15 is 0 Å². The van der Waals surface area contributed by atoms with Gasteiger partial charge in [0.1, 0.15) is 23.8 Å². The predicted molar refractivity (Wildman–Crippen MR) is 99.9 cm³/mol. The van der Waals surface area contributed by atoms with Gasteiger partial charge in [-0.05, 0) is 12.1 Å². The Hall–Kier alpha value is -2.41. The van der Waals surface area contributed by atoms with Crippen molar-refractivity contribution in [2.75, 3.05) is 21.2 Å². The molecular formula is C20H27N4O3+. The Kier molecular flexibility index (Phi) is 4.63. The second-order valence-electron chi connectivity index (χ2n) is 8.14. The summed E-state index contributed by atoms with van der Waals surface area (Å²) < 4.78 is 14.2. The first kappa shape index (κ1) is 18.0. The summed E-state index contributed by atoms with van der Waals surface area (Å²) >= 11 is 0. The summed E-state index contributed by atoms with van der Waals surface area (Å²) in [5.41, 5.74) is 1.26. The number of hydrogen-bond acceptors (Lipinski definition) is 5. The number of aromatic nitrogens is 3. The van der Waals surface area contributed by atoms with E-state index in [2.05, 4.69) is 24.4 Å². The van der Waals surface area contributed by atoms with Crippen molar-refractivity contribution in [3.05, 3.63) is 35.7 Å². The van der Waals surface area contributed by atoms with Crippen molar-refractivity contribution in [2.45, 2.75) is 50.4 Å². The summed E-state index contributed by atoms with van der Waals surface area (Å²) in [4.78, 5) is 11.2. The van der Waals surface area contributed by atoms with Crippen LogP contribution < -0.4 is 9.47 Å². The van der Waals surface area contributed by atoms with Crippen LogP contribution in [-0.2, 0) is 6.61 Å². The summed E-state index contributed by atoms with van der Waals surface area (Å²) in [6.07, 6.45) is 7.68. The highest BCUT2D eigenvalue weighted by atomic mass is 16.5. The first-order valence-electron chi connectivity index (χ1n) is 9.51. The fraction of sp³-hybridized carbons (Fsp3) is 0.550. The van der Waals surface area contributed by atoms with E-state index in [9.17, 15) is 4.79 Å². The quantitative estimate of drug-likeness (QED) is 0.577. The monoisotopic (exact) mass is 371 g/mol. The van der Waals surface area contributed by atoms with E-state index in [1.165, 1.54) is 12.8 Å². The van der Waals surface area contributed by atoms with Crippen LogP contribution in [-0.4, -0.2) is 59.1 Å². The Morgan fingerprint density at radius 3 is 2.67 bits per heavy atom. The van der Waals surface area contributed by atoms with Crippen molar-refractivity contribution >= 4 is 6.29 Å². The van der Waals surface area contributed by atoms with Crippen LogP contribution in [0.4, 0.5) is 0 Å². The van der Waals surface area contributed by atoms with Crippen LogP contribution in [0.2, 0.25) is 0 Å². The smallest absolute Gasteiger partial charge is 0.153 e. The van der Waals surface area contributed by atoms with Crippen molar-refractivity contribution in [2.24, 2.45) is 0 Å². The number of nitrogens with zero attached hydrogens (tertiary/aromatic N) is 4. The van der Waals surface area contributed by atoms with Crippen LogP contribution in [0.5, 0.6) is 11.5 Å². The lowest BCUT2D eigenvalue weighted by Crippen LogP contribution is -2.54. The minimum atomic E-state index is 0.273. The van der Waals surface area contributed by atoms with Crippen molar-refractivity contribution in [3.63, 3.8) is 0 Å². The van der Waals surface area contributed by atoms with Crippen LogP contribution in [0.25, 0.3) is 0 Å². The molecule has 2 bridgehead atoms. The molecule has 0 spiro atoms. The van der Waals surface area contributed by atoms with Gasteiger partial charge in [-0.2, -0.15) is 0 Å². The number of benzene rings is 1. The average molecular weight is 371 g/mol. The van der Waals surface area contributed by atoms with Crippen molar-refractivity contribution in [1.82, 2.24) is 15.0 Å². The molecule has 2 fully saturated rings. The van der Waals surface area contributed by atoms with Crippen LogP contribution in [0.15, 0.2) is 24.4 Å². The molecule has 0 radical (unpaired) electrons. The van der Waals surface area contributed by atoms with Crippen LogP contribution >= 0.6 is 0 Å². The average Bonchev–Trinajstić information content (AvgIpc) is 3.15. The number of fused-ring (bicyclic) bond motifs is 2. The van der Waals surface area contributed by atoms with E-state index in [4.69, 9.17) is 9.47 Å². The fourth-order valence-electron chi connectivity index (χ4n) is 4.64. The van der Waals surface area contributed by atoms with Crippen LogP contribution in [0.3, 0.4) is 0 Å². The second kappa shape index (κ2) is 6.96. The maximum absolute atomic E-state index is 11.2. The first-order valence-corrected chi connectivity index (χ1v) is 9.51. The molecule has 1 unspecified atom stereocenters. The Labute approximate surface area is 159 Å². The van der Waals surface area contributed by atoms with E-state index < -0.39 is 0 Å². The SMILES string of the molecule is COc1ccc(C=O)c(OCc2cn(C3C[C@H]4CC[C@@H](C3)[N+]4(C)C)nn2)c1. The number of quaternary nitrogens is 1. The number of carbonyl (C=O) groups excluding carboxylic acids is 1. The van der Waals surface area contributed by atoms with Gasteiger partial charge in [-0.1, -0.05) is 5.21 Å². The van der Waals surface area contributed by atoms with Gasteiger partial charge in [0.15, 0.2) is 6.29 Å². The first-order chi connectivity index (χ1) is 13.0. The van der Waals surface area contributed by atoms with Gasteiger partial charge in [0, 0.05) is 31.7 Å². The minimum absolute atomic E-state index is 0.273. The summed E-state index contributed by atoms with van der Waals surface area (Å²) in [6, 6.07) is 6.99. The number of carbonyl (C=O) groups is 1. The van der Waals surface area contributed by atoms with Crippen molar-refractivity contribution < 1.29 is 18.8 Å². The molecule has 4 rings (SSSR count). The molecule has 3 heterocycles. The van der Waals surface area contributed by atoms with E-state index in [1.54, 1.807) is 25.3 Å². The molecule has 2 aromatic rings. The number of hydrogen-bond donors (Lipinski definition) is 0. The number of aldehydes is 1. The van der Waals surface area contributed by atoms with Crippen molar-refractivity contribution in [3.8, 4) is 11.5 Å². The van der Waals surface area contributed by atoms with E-state index in [0.29, 0.717) is 35.2 Å². The molecule has 0 N–H and O–H groups in total. The lowest BCUT2D eigenvalue weighted by atomic mass is 9.96. The second-order valence-corrected chi connectivity index (χ2v) is 8.14. The zero-order valence-electron chi connectivity index (χ0n) is 16.2. The summed E-state index contributed by atoms with van der Waals surface area (Å²) in [6.45, 7) is 0.273. The topological polar surface area (TPSA) is 66.2 Å². The summed E-state index contributed by atoms with van der Waals surface area (Å²) in [5, 5.41) is 8.63. The number of piperidine rings is 1. The largest absolute Gasteiger partial charge is 0.497 e. The van der Waals surface area contributed by atoms with Gasteiger partial charge in [0.25, 0.3) is 0 Å². The molecule has 1 aromatic carbocycles. The molecule has 0 saturated carbocycles. The van der Waals surface area contributed by atoms with Gasteiger partial charge in [-0.3, -0.25) is 4.79 Å². The third-order valence-electron chi connectivity index (χ3n) is 6.46. The molecule has 0 amide bonds. The number of methoxy groups -OCH3 is 1. The van der Waals surface area contributed by atoms with Gasteiger partial charge in [0.05, 0.1) is 51.1 Å². The summed E-state index contributed by atoms with van der Waals surface area (Å²) in [7, 11) is 6.30. The predicted octanol–water partition coefficient (Wildman–Crippen LogP) is 2.62. The standard InChI is InChI=1S/C20H27N4O3/c1-24(2)17-5-6-18(24)9-16(8-17)23-11-15(21-22-23)13-27-20-10-19(26-3)7-4-14(20)12-25/h4,7,10-12,16-18H,5-6,8-9,13H2,1-3H3/q+1/t16?,17-,18+. The van der Waals surface area contributed by atoms with Gasteiger partial charge in [0.2, 0.25) is 0 Å². The normalized spacial score (nSPS) is 26.0. The highest BCUT2D eigenvalue weighted by Gasteiger charge is 2.49. The van der Waals surface area contributed by atoms with E-state index in [1.807, 2.05) is 10.9 Å². The molecule has 7 nitrogen and oxygen atoms in total. The summed E-state index contributed by atoms with van der Waals surface area (Å²) in [5.74, 6) is 1.14. The Bertz CT molecular complexity index is 816. The number of ether oxygens (including phenoxy) is 2. The maximum Gasteiger partial charge on any atom is 0.153 e. The zero-order valence-corrected chi connectivity index (χ0v) is 16.2. The molecule has 144 valence electrons. The Balaban J connectivity index is 1.43. The molecule has 7 heteroatoms. The van der Waals surface area contributed by atoms with Crippen molar-refractivity contribution in [1.29, 1.82) is 0 Å². The molecule has 0 aliphatic carbocycles. The minimum Gasteiger partial charge on any atom is -0.497 e. The molecular weight excluding hydrogens is 344 g/mol. The van der Waals surface area contributed by atoms with E-state index in [0.717, 1.165) is 29.3 Å². The Morgan fingerprint density at radius 2 is 2.00 bits per heavy atom. The third-order valence-corrected chi connectivity index (χ3v) is 6.46. The molecule has 2 aliphatic heterocycles. The maximum atomic E-state index is 11.2. The molecule has 2 aliphatic rings. The molecule has 27 heavy (non-hydrogen) atoms. The van der Waals surface area contributed by atoms with Crippen LogP contribution in [0.1, 0.15) is 47.8 Å². The fourth-order valence-corrected chi connectivity index (χ4v) is 4.64. The molecule has 2 saturated heterocycles. The Morgan fingerprint density at radius 1 is 1.26 bits per heavy atom. The highest BCUT2D eigenvalue weighted by Crippen LogP contribution is 2.43. The van der Waals surface area contributed by atoms with Crippen LogP contribution in [0, 0.1) is 0 Å². The zero-order chi connectivity index (χ0) is 19.0. The molecule has 3 atom stereocenters. The molecule has 1 aromatic heterocycles.